The van der Waals surface area contributed by atoms with Gasteiger partial charge >= 0.3 is 280 Å². The van der Waals surface area contributed by atoms with Crippen LogP contribution in [0.25, 0.3) is 32.6 Å². The van der Waals surface area contributed by atoms with Crippen LogP contribution in [0.5, 0.6) is 0 Å². The van der Waals surface area contributed by atoms with E-state index in [-0.39, 0.29) is 24.8 Å². The summed E-state index contributed by atoms with van der Waals surface area (Å²) in [6.45, 7) is 14.6. The second-order valence-electron chi connectivity index (χ2n) is 13.9. The van der Waals surface area contributed by atoms with Gasteiger partial charge in [0.2, 0.25) is 0 Å². The molecule has 0 saturated heterocycles. The molecule has 1 heterocycles. The standard InChI is InChI=1S/C42H46Si.2ClH.Zr/c1-7-9-13-35-27-33-15-11-17-37(31-23-19-29(3)20-24-31)39(33)41(35)43(5,6)42-36(14-10-8-2)28-34-16-12-18-38(40(34)42)32-25-21-30(4)22-26-32;;;/h11-12,15-28H,7-10,13-14H2,1-6H3;2*1H;/q;;;+2/p-2. The van der Waals surface area contributed by atoms with Gasteiger partial charge in [0.25, 0.3) is 0 Å². The van der Waals surface area contributed by atoms with E-state index in [0.717, 1.165) is 0 Å². The zero-order valence-electron chi connectivity index (χ0n) is 28.2. The monoisotopic (exact) mass is 738 g/mol. The molecule has 2 atom stereocenters. The maximum absolute atomic E-state index is 2.74. The molecule has 7 rings (SSSR count). The third-order valence-corrected chi connectivity index (χ3v) is 19.1. The van der Waals surface area contributed by atoms with E-state index in [9.17, 15) is 0 Å². The number of allylic oxidation sites excluding steroid dienone is 2. The summed E-state index contributed by atoms with van der Waals surface area (Å²) >= 11 is -0.947. The molecule has 2 unspecified atom stereocenters. The van der Waals surface area contributed by atoms with E-state index in [1.165, 1.54) is 71.9 Å². The fraction of sp³-hybridized carbons (Fsp3) is 0.333. The van der Waals surface area contributed by atoms with Crippen molar-refractivity contribution in [2.24, 2.45) is 0 Å². The van der Waals surface area contributed by atoms with Crippen LogP contribution in [0.4, 0.5) is 0 Å². The van der Waals surface area contributed by atoms with E-state index < -0.39 is 31.3 Å². The molecular formula is C42H46Cl2SiZr. The van der Waals surface area contributed by atoms with E-state index in [4.69, 9.17) is 0 Å². The molecule has 0 N–H and O–H groups in total. The molecule has 0 amide bonds. The van der Waals surface area contributed by atoms with Crippen LogP contribution in [-0.4, -0.2) is 8.07 Å². The molecule has 0 radical (unpaired) electrons. The Kier molecular flexibility index (Phi) is 11.0. The number of unbranched alkanes of at least 4 members (excludes halogenated alkanes) is 2. The molecule has 4 heteroatoms. The van der Waals surface area contributed by atoms with Crippen molar-refractivity contribution in [3.63, 3.8) is 0 Å². The average molecular weight is 741 g/mol. The summed E-state index contributed by atoms with van der Waals surface area (Å²) in [7, 11) is -2.14. The Labute approximate surface area is 302 Å². The van der Waals surface area contributed by atoms with Crippen molar-refractivity contribution >= 4 is 18.5 Å². The predicted octanol–water partition coefficient (Wildman–Crippen LogP) is 6.23. The van der Waals surface area contributed by atoms with Crippen LogP contribution in [0.15, 0.2) is 96.1 Å². The molecule has 1 aliphatic heterocycles. The van der Waals surface area contributed by atoms with Gasteiger partial charge in [-0.25, -0.2) is 0 Å². The fourth-order valence-electron chi connectivity index (χ4n) is 8.49. The fourth-order valence-corrected chi connectivity index (χ4v) is 18.7. The molecule has 2 aliphatic carbocycles. The SMILES string of the molecule is CCCCC1=C2c3c(-c4ccc(C)cc4)cccc3[CH]1[Zr+2][CH]1C(CCCC)=C(c3c(-c4ccc(C)cc4)cccc31)[Si]2(C)C.[Cl-].[Cl-]. The average Bonchev–Trinajstić information content (AvgIpc) is 3.54. The molecule has 0 fully saturated rings. The molecule has 236 valence electrons. The smallest absolute Gasteiger partial charge is 1.00 e. The third kappa shape index (κ3) is 5.85. The minimum Gasteiger partial charge on any atom is -1.00 e. The van der Waals surface area contributed by atoms with Gasteiger partial charge in [-0.3, -0.25) is 0 Å². The molecule has 4 bridgehead atoms. The van der Waals surface area contributed by atoms with Gasteiger partial charge in [-0.1, -0.05) is 0 Å². The van der Waals surface area contributed by atoms with Crippen LogP contribution in [0.3, 0.4) is 0 Å². The van der Waals surface area contributed by atoms with Crippen molar-refractivity contribution in [3.8, 4) is 22.3 Å². The summed E-state index contributed by atoms with van der Waals surface area (Å²) in [4.78, 5) is 0. The molecular weight excluding hydrogens is 695 g/mol. The number of fused-ring (bicyclic) bond motifs is 8. The molecule has 4 aromatic rings. The Morgan fingerprint density at radius 2 is 0.957 bits per heavy atom. The van der Waals surface area contributed by atoms with E-state index in [1.807, 2.05) is 21.5 Å². The summed E-state index contributed by atoms with van der Waals surface area (Å²) in [6, 6.07) is 33.4. The summed E-state index contributed by atoms with van der Waals surface area (Å²) in [5.74, 6) is 0. The quantitative estimate of drug-likeness (QED) is 0.188. The third-order valence-electron chi connectivity index (χ3n) is 10.6. The maximum Gasteiger partial charge on any atom is -1.00 e. The summed E-state index contributed by atoms with van der Waals surface area (Å²) < 4.78 is 1.37. The van der Waals surface area contributed by atoms with Crippen molar-refractivity contribution in [1.82, 2.24) is 0 Å². The first kappa shape index (κ1) is 35.3. The van der Waals surface area contributed by atoms with Gasteiger partial charge in [-0.2, -0.15) is 0 Å². The van der Waals surface area contributed by atoms with Crippen LogP contribution >= 0.6 is 0 Å². The maximum atomic E-state index is 2.74. The van der Waals surface area contributed by atoms with Crippen LogP contribution in [-0.2, 0) is 23.2 Å². The molecule has 46 heavy (non-hydrogen) atoms. The second kappa shape index (κ2) is 14.3. The van der Waals surface area contributed by atoms with Crippen LogP contribution in [0, 0.1) is 13.8 Å². The zero-order chi connectivity index (χ0) is 30.6. The predicted molar refractivity (Wildman–Crippen MR) is 189 cm³/mol. The Bertz CT molecular complexity index is 1670. The van der Waals surface area contributed by atoms with Gasteiger partial charge in [0.15, 0.2) is 0 Å². The van der Waals surface area contributed by atoms with Crippen molar-refractivity contribution in [1.29, 1.82) is 0 Å². The van der Waals surface area contributed by atoms with Crippen molar-refractivity contribution in [2.45, 2.75) is 86.6 Å². The Morgan fingerprint density at radius 3 is 1.33 bits per heavy atom. The van der Waals surface area contributed by atoms with E-state index in [2.05, 4.69) is 126 Å². The van der Waals surface area contributed by atoms with Crippen molar-refractivity contribution in [2.75, 3.05) is 0 Å². The number of hydrogen-bond donors (Lipinski definition) is 0. The zero-order valence-corrected chi connectivity index (χ0v) is 33.2. The number of halogens is 2. The summed E-state index contributed by atoms with van der Waals surface area (Å²) in [5, 5.41) is 3.63. The molecule has 0 aromatic heterocycles. The minimum atomic E-state index is -2.14. The number of aryl methyl sites for hydroxylation is 2. The topological polar surface area (TPSA) is 0 Å². The minimum absolute atomic E-state index is 0. The molecule has 0 nitrogen and oxygen atoms in total. The first-order chi connectivity index (χ1) is 21.3. The molecule has 0 saturated carbocycles. The van der Waals surface area contributed by atoms with Gasteiger partial charge in [0, 0.05) is 0 Å². The Morgan fingerprint density at radius 1 is 0.565 bits per heavy atom. The summed E-state index contributed by atoms with van der Waals surface area (Å²) in [5.41, 5.74) is 18.8. The summed E-state index contributed by atoms with van der Waals surface area (Å²) in [6.07, 6.45) is 7.71. The van der Waals surface area contributed by atoms with E-state index in [0.29, 0.717) is 7.25 Å². The van der Waals surface area contributed by atoms with E-state index in [1.54, 1.807) is 22.3 Å². The Balaban J connectivity index is 0.00000208. The van der Waals surface area contributed by atoms with Crippen LogP contribution in [0.2, 0.25) is 13.1 Å². The number of rotatable bonds is 8. The van der Waals surface area contributed by atoms with Gasteiger partial charge in [0.1, 0.15) is 0 Å². The molecule has 4 aromatic carbocycles. The number of hydrogen-bond acceptors (Lipinski definition) is 0. The van der Waals surface area contributed by atoms with Crippen molar-refractivity contribution in [3.05, 3.63) is 129 Å². The van der Waals surface area contributed by atoms with Gasteiger partial charge in [-0.15, -0.1) is 0 Å². The molecule has 3 aliphatic rings. The van der Waals surface area contributed by atoms with E-state index >= 15 is 0 Å². The second-order valence-corrected chi connectivity index (χ2v) is 21.8. The normalized spacial score (nSPS) is 18.4. The van der Waals surface area contributed by atoms with Gasteiger partial charge < -0.3 is 24.8 Å². The van der Waals surface area contributed by atoms with Crippen molar-refractivity contribution < 1.29 is 48.0 Å². The first-order valence-electron chi connectivity index (χ1n) is 17.0. The molecule has 0 spiro atoms. The number of benzene rings is 4. The van der Waals surface area contributed by atoms with Gasteiger partial charge in [0.05, 0.1) is 0 Å². The van der Waals surface area contributed by atoms with Gasteiger partial charge in [-0.05, 0) is 0 Å². The Hall–Kier alpha value is -1.96. The first-order valence-corrected chi connectivity index (χ1v) is 22.8. The van der Waals surface area contributed by atoms with Crippen LogP contribution < -0.4 is 24.8 Å². The largest absolute Gasteiger partial charge is 1.00 e. The van der Waals surface area contributed by atoms with Crippen LogP contribution in [0.1, 0.15) is 93.0 Å².